The Morgan fingerprint density at radius 3 is 2.23 bits per heavy atom. The van der Waals surface area contributed by atoms with Gasteiger partial charge in [0, 0.05) is 19.2 Å². The molecule has 35 heavy (non-hydrogen) atoms. The molecule has 5 rings (SSSR count). The normalized spacial score (nSPS) is 10.9. The van der Waals surface area contributed by atoms with Gasteiger partial charge in [-0.3, -0.25) is 4.79 Å². The molecule has 1 aromatic heterocycles. The minimum absolute atomic E-state index is 0.137. The van der Waals surface area contributed by atoms with Crippen molar-refractivity contribution in [3.8, 4) is 22.8 Å². The molecule has 0 saturated heterocycles. The number of nitrogens with zero attached hydrogens (tertiary/aromatic N) is 1. The fraction of sp³-hybridized carbons (Fsp3) is 0.100. The van der Waals surface area contributed by atoms with Crippen LogP contribution in [0.15, 0.2) is 112 Å². The number of hydrogen-bond acceptors (Lipinski definition) is 5. The topological polar surface area (TPSA) is 62.9 Å². The van der Waals surface area contributed by atoms with Crippen LogP contribution >= 0.6 is 0 Å². The van der Waals surface area contributed by atoms with Crippen molar-refractivity contribution in [3.05, 3.63) is 124 Å². The van der Waals surface area contributed by atoms with E-state index in [9.17, 15) is 9.90 Å². The predicted molar refractivity (Wildman–Crippen MR) is 139 cm³/mol. The molecular formula is C30H25NO4. The Kier molecular flexibility index (Phi) is 6.22. The lowest BCUT2D eigenvalue weighted by molar-refractivity contribution is 0.306. The number of rotatable bonds is 7. The largest absolute Gasteiger partial charge is 0.502 e. The highest BCUT2D eigenvalue weighted by atomic mass is 16.5. The third-order valence-electron chi connectivity index (χ3n) is 5.91. The fourth-order valence-electron chi connectivity index (χ4n) is 4.08. The van der Waals surface area contributed by atoms with Crippen LogP contribution in [-0.2, 0) is 13.2 Å². The standard InChI is InChI=1S/C30H25NO4/c1-31(19-21-10-4-2-5-11-21)25-18-23(16-17-27(25)34-20-22-12-6-3-7-13-22)30-29(33)28(32)24-14-8-9-15-26(24)35-30/h2-18,33H,19-20H2,1H3. The Balaban J connectivity index is 1.56. The van der Waals surface area contributed by atoms with Crippen LogP contribution in [0.2, 0.25) is 0 Å². The quantitative estimate of drug-likeness (QED) is 0.303. The number of benzene rings is 4. The Morgan fingerprint density at radius 2 is 1.49 bits per heavy atom. The molecule has 0 amide bonds. The van der Waals surface area contributed by atoms with E-state index in [4.69, 9.17) is 9.15 Å². The van der Waals surface area contributed by atoms with Gasteiger partial charge in [0.25, 0.3) is 0 Å². The van der Waals surface area contributed by atoms with Crippen molar-refractivity contribution in [1.29, 1.82) is 0 Å². The molecule has 0 atom stereocenters. The van der Waals surface area contributed by atoms with Gasteiger partial charge in [-0.1, -0.05) is 72.8 Å². The molecule has 0 fully saturated rings. The van der Waals surface area contributed by atoms with Gasteiger partial charge in [-0.2, -0.15) is 0 Å². The van der Waals surface area contributed by atoms with E-state index in [1.807, 2.05) is 67.7 Å². The molecule has 5 nitrogen and oxygen atoms in total. The van der Waals surface area contributed by atoms with Crippen LogP contribution in [0.1, 0.15) is 11.1 Å². The minimum atomic E-state index is -0.453. The zero-order valence-corrected chi connectivity index (χ0v) is 19.3. The van der Waals surface area contributed by atoms with Crippen LogP contribution in [-0.4, -0.2) is 12.2 Å². The maximum Gasteiger partial charge on any atom is 0.235 e. The zero-order chi connectivity index (χ0) is 24.2. The van der Waals surface area contributed by atoms with E-state index in [1.54, 1.807) is 30.3 Å². The van der Waals surface area contributed by atoms with Gasteiger partial charge in [0.15, 0.2) is 5.76 Å². The van der Waals surface area contributed by atoms with Crippen molar-refractivity contribution in [2.75, 3.05) is 11.9 Å². The Hall–Kier alpha value is -4.51. The van der Waals surface area contributed by atoms with Crippen LogP contribution < -0.4 is 15.1 Å². The first-order valence-electron chi connectivity index (χ1n) is 11.4. The number of para-hydroxylation sites is 1. The van der Waals surface area contributed by atoms with Gasteiger partial charge in [-0.05, 0) is 41.5 Å². The van der Waals surface area contributed by atoms with E-state index in [0.29, 0.717) is 35.4 Å². The van der Waals surface area contributed by atoms with Crippen molar-refractivity contribution in [2.45, 2.75) is 13.2 Å². The van der Waals surface area contributed by atoms with Gasteiger partial charge in [-0.25, -0.2) is 0 Å². The lowest BCUT2D eigenvalue weighted by Crippen LogP contribution is -2.17. The van der Waals surface area contributed by atoms with E-state index < -0.39 is 11.2 Å². The summed E-state index contributed by atoms with van der Waals surface area (Å²) in [6.45, 7) is 1.07. The summed E-state index contributed by atoms with van der Waals surface area (Å²) < 4.78 is 12.2. The van der Waals surface area contributed by atoms with E-state index in [2.05, 4.69) is 17.0 Å². The van der Waals surface area contributed by atoms with E-state index in [-0.39, 0.29) is 5.76 Å². The smallest absolute Gasteiger partial charge is 0.235 e. The molecule has 1 N–H and O–H groups in total. The molecule has 0 saturated carbocycles. The van der Waals surface area contributed by atoms with Crippen LogP contribution in [0, 0.1) is 0 Å². The molecule has 0 spiro atoms. The highest BCUT2D eigenvalue weighted by Gasteiger charge is 2.18. The third-order valence-corrected chi connectivity index (χ3v) is 5.91. The second-order valence-electron chi connectivity index (χ2n) is 8.40. The summed E-state index contributed by atoms with van der Waals surface area (Å²) in [6, 6.07) is 32.6. The van der Waals surface area contributed by atoms with Crippen molar-refractivity contribution >= 4 is 16.7 Å². The first kappa shape index (κ1) is 22.3. The molecule has 0 radical (unpaired) electrons. The number of aromatic hydroxyl groups is 1. The average Bonchev–Trinajstić information content (AvgIpc) is 2.90. The van der Waals surface area contributed by atoms with Gasteiger partial charge in [0.05, 0.1) is 11.1 Å². The molecule has 1 heterocycles. The molecule has 0 aliphatic rings. The fourth-order valence-corrected chi connectivity index (χ4v) is 4.08. The number of ether oxygens (including phenoxy) is 1. The Morgan fingerprint density at radius 1 is 0.829 bits per heavy atom. The maximum absolute atomic E-state index is 12.8. The molecule has 0 aliphatic heterocycles. The van der Waals surface area contributed by atoms with Crippen molar-refractivity contribution in [1.82, 2.24) is 0 Å². The maximum atomic E-state index is 12.8. The first-order valence-corrected chi connectivity index (χ1v) is 11.4. The molecule has 0 aliphatic carbocycles. The second kappa shape index (κ2) is 9.77. The van der Waals surface area contributed by atoms with Crippen LogP contribution in [0.5, 0.6) is 11.5 Å². The van der Waals surface area contributed by atoms with Gasteiger partial charge in [0.2, 0.25) is 11.2 Å². The summed E-state index contributed by atoms with van der Waals surface area (Å²) in [5.74, 6) is 0.426. The SMILES string of the molecule is CN(Cc1ccccc1)c1cc(-c2oc3ccccc3c(=O)c2O)ccc1OCc1ccccc1. The lowest BCUT2D eigenvalue weighted by atomic mass is 10.1. The van der Waals surface area contributed by atoms with Crippen molar-refractivity contribution in [3.63, 3.8) is 0 Å². The summed E-state index contributed by atoms with van der Waals surface area (Å²) in [5, 5.41) is 11.0. The van der Waals surface area contributed by atoms with Crippen molar-refractivity contribution < 1.29 is 14.3 Å². The monoisotopic (exact) mass is 463 g/mol. The van der Waals surface area contributed by atoms with Gasteiger partial charge in [-0.15, -0.1) is 0 Å². The highest BCUT2D eigenvalue weighted by molar-refractivity contribution is 5.82. The zero-order valence-electron chi connectivity index (χ0n) is 19.3. The third kappa shape index (κ3) is 4.75. The molecule has 5 aromatic rings. The van der Waals surface area contributed by atoms with Gasteiger partial charge >= 0.3 is 0 Å². The van der Waals surface area contributed by atoms with Gasteiger partial charge < -0.3 is 19.2 Å². The Labute approximate surface area is 203 Å². The van der Waals surface area contributed by atoms with E-state index >= 15 is 0 Å². The average molecular weight is 464 g/mol. The first-order chi connectivity index (χ1) is 17.1. The molecular weight excluding hydrogens is 438 g/mol. The number of anilines is 1. The second-order valence-corrected chi connectivity index (χ2v) is 8.40. The molecule has 0 bridgehead atoms. The predicted octanol–water partition coefficient (Wildman–Crippen LogP) is 6.38. The van der Waals surface area contributed by atoms with Crippen LogP contribution in [0.3, 0.4) is 0 Å². The summed E-state index contributed by atoms with van der Waals surface area (Å²) in [4.78, 5) is 14.8. The van der Waals surface area contributed by atoms with E-state index in [1.165, 1.54) is 0 Å². The van der Waals surface area contributed by atoms with Crippen LogP contribution in [0.4, 0.5) is 5.69 Å². The number of hydrogen-bond donors (Lipinski definition) is 1. The summed E-state index contributed by atoms with van der Waals surface area (Å²) in [5.41, 5.74) is 3.59. The molecule has 5 heteroatoms. The summed E-state index contributed by atoms with van der Waals surface area (Å²) in [6.07, 6.45) is 0. The lowest BCUT2D eigenvalue weighted by Gasteiger charge is -2.23. The molecule has 174 valence electrons. The van der Waals surface area contributed by atoms with Crippen molar-refractivity contribution in [2.24, 2.45) is 0 Å². The summed E-state index contributed by atoms with van der Waals surface area (Å²) >= 11 is 0. The Bertz CT molecular complexity index is 1510. The summed E-state index contributed by atoms with van der Waals surface area (Å²) in [7, 11) is 1.98. The van der Waals surface area contributed by atoms with E-state index in [0.717, 1.165) is 16.8 Å². The highest BCUT2D eigenvalue weighted by Crippen LogP contribution is 2.37. The number of fused-ring (bicyclic) bond motifs is 1. The minimum Gasteiger partial charge on any atom is -0.502 e. The molecule has 4 aromatic carbocycles. The van der Waals surface area contributed by atoms with Gasteiger partial charge in [0.1, 0.15) is 17.9 Å². The molecule has 0 unspecified atom stereocenters. The van der Waals surface area contributed by atoms with Crippen LogP contribution in [0.25, 0.3) is 22.3 Å².